The third-order valence-electron chi connectivity index (χ3n) is 5.33. The molecule has 0 bridgehead atoms. The summed E-state index contributed by atoms with van der Waals surface area (Å²) in [5.74, 6) is 2.77. The minimum absolute atomic E-state index is 0.101. The Balaban J connectivity index is 1.41. The summed E-state index contributed by atoms with van der Waals surface area (Å²) in [4.78, 5) is 2.46. The smallest absolute Gasteiger partial charge is 0.176 e. The Morgan fingerprint density at radius 2 is 1.59 bits per heavy atom. The maximum Gasteiger partial charge on any atom is 0.176 e. The van der Waals surface area contributed by atoms with Crippen molar-refractivity contribution < 1.29 is 19.3 Å². The van der Waals surface area contributed by atoms with Crippen molar-refractivity contribution in [3.05, 3.63) is 54.6 Å². The molecule has 3 aromatic rings. The van der Waals surface area contributed by atoms with Crippen molar-refractivity contribution in [3.63, 3.8) is 0 Å². The Morgan fingerprint density at radius 3 is 2.34 bits per heavy atom. The van der Waals surface area contributed by atoms with Gasteiger partial charge >= 0.3 is 0 Å². The van der Waals surface area contributed by atoms with Crippen LogP contribution in [-0.4, -0.2) is 43.4 Å². The molecule has 3 aromatic carbocycles. The molecule has 0 amide bonds. The minimum Gasteiger partial charge on any atom is -0.504 e. The SMILES string of the molecule is COc1ccc2c(Oc3ccc(OCCN4CCCCC4)cc3)c(O)ccc2c1. The fourth-order valence-electron chi connectivity index (χ4n) is 3.70. The van der Waals surface area contributed by atoms with Crippen LogP contribution in [0.5, 0.6) is 28.7 Å². The maximum absolute atomic E-state index is 10.3. The van der Waals surface area contributed by atoms with Crippen LogP contribution in [0.25, 0.3) is 10.8 Å². The largest absolute Gasteiger partial charge is 0.504 e. The lowest BCUT2D eigenvalue weighted by Gasteiger charge is -2.26. The van der Waals surface area contributed by atoms with Gasteiger partial charge in [-0.05, 0) is 79.8 Å². The van der Waals surface area contributed by atoms with Crippen molar-refractivity contribution >= 4 is 10.8 Å². The molecule has 0 radical (unpaired) electrons. The van der Waals surface area contributed by atoms with Gasteiger partial charge in [0.05, 0.1) is 7.11 Å². The molecule has 1 aliphatic heterocycles. The predicted molar refractivity (Wildman–Crippen MR) is 114 cm³/mol. The summed E-state index contributed by atoms with van der Waals surface area (Å²) >= 11 is 0. The van der Waals surface area contributed by atoms with Crippen LogP contribution < -0.4 is 14.2 Å². The van der Waals surface area contributed by atoms with Crippen molar-refractivity contribution in [2.75, 3.05) is 33.4 Å². The molecule has 0 saturated carbocycles. The monoisotopic (exact) mass is 393 g/mol. The number of methoxy groups -OCH3 is 1. The van der Waals surface area contributed by atoms with Crippen molar-refractivity contribution in [2.24, 2.45) is 0 Å². The van der Waals surface area contributed by atoms with Gasteiger partial charge in [-0.25, -0.2) is 0 Å². The van der Waals surface area contributed by atoms with Crippen LogP contribution in [-0.2, 0) is 0 Å². The van der Waals surface area contributed by atoms with E-state index in [1.165, 1.54) is 32.4 Å². The molecule has 1 saturated heterocycles. The highest BCUT2D eigenvalue weighted by Gasteiger charge is 2.12. The fourth-order valence-corrected chi connectivity index (χ4v) is 3.70. The Kier molecular flexibility index (Phi) is 6.06. The second-order valence-electron chi connectivity index (χ2n) is 7.33. The van der Waals surface area contributed by atoms with E-state index in [4.69, 9.17) is 14.2 Å². The lowest BCUT2D eigenvalue weighted by molar-refractivity contribution is 0.183. The predicted octanol–water partition coefficient (Wildman–Crippen LogP) is 5.21. The summed E-state index contributed by atoms with van der Waals surface area (Å²) in [6.07, 6.45) is 3.93. The molecule has 1 heterocycles. The average molecular weight is 393 g/mol. The molecule has 0 aliphatic carbocycles. The normalized spacial score (nSPS) is 14.7. The average Bonchev–Trinajstić information content (AvgIpc) is 2.77. The van der Waals surface area contributed by atoms with E-state index in [1.807, 2.05) is 48.5 Å². The van der Waals surface area contributed by atoms with E-state index in [2.05, 4.69) is 4.90 Å². The van der Waals surface area contributed by atoms with E-state index in [0.29, 0.717) is 18.1 Å². The number of phenolic OH excluding ortho intramolecular Hbond substituents is 1. The second kappa shape index (κ2) is 9.05. The van der Waals surface area contributed by atoms with Gasteiger partial charge in [-0.15, -0.1) is 0 Å². The van der Waals surface area contributed by atoms with Gasteiger partial charge in [0.1, 0.15) is 23.9 Å². The van der Waals surface area contributed by atoms with Crippen LogP contribution in [0.2, 0.25) is 0 Å². The topological polar surface area (TPSA) is 51.2 Å². The Hall–Kier alpha value is -2.92. The molecule has 0 spiro atoms. The molecule has 29 heavy (non-hydrogen) atoms. The van der Waals surface area contributed by atoms with Gasteiger partial charge in [-0.1, -0.05) is 12.5 Å². The first-order valence-electron chi connectivity index (χ1n) is 10.2. The molecule has 0 aromatic heterocycles. The quantitative estimate of drug-likeness (QED) is 0.597. The van der Waals surface area contributed by atoms with Crippen molar-refractivity contribution in [2.45, 2.75) is 19.3 Å². The second-order valence-corrected chi connectivity index (χ2v) is 7.33. The van der Waals surface area contributed by atoms with Gasteiger partial charge in [0.25, 0.3) is 0 Å². The first-order valence-corrected chi connectivity index (χ1v) is 10.2. The number of phenols is 1. The van der Waals surface area contributed by atoms with E-state index < -0.39 is 0 Å². The molecule has 1 fully saturated rings. The molecular formula is C24H27NO4. The highest BCUT2D eigenvalue weighted by molar-refractivity contribution is 5.91. The fraction of sp³-hybridized carbons (Fsp3) is 0.333. The molecule has 1 N–H and O–H groups in total. The molecule has 152 valence electrons. The number of aromatic hydroxyl groups is 1. The van der Waals surface area contributed by atoms with Crippen molar-refractivity contribution in [1.29, 1.82) is 0 Å². The van der Waals surface area contributed by atoms with Gasteiger partial charge in [-0.3, -0.25) is 4.90 Å². The van der Waals surface area contributed by atoms with E-state index in [0.717, 1.165) is 28.8 Å². The zero-order valence-electron chi connectivity index (χ0n) is 16.8. The molecule has 5 heteroatoms. The van der Waals surface area contributed by atoms with Gasteiger partial charge in [0, 0.05) is 11.9 Å². The third-order valence-corrected chi connectivity index (χ3v) is 5.33. The number of rotatable bonds is 7. The van der Waals surface area contributed by atoms with Crippen LogP contribution in [0, 0.1) is 0 Å². The number of likely N-dealkylation sites (tertiary alicyclic amines) is 1. The van der Waals surface area contributed by atoms with Gasteiger partial charge in [0.2, 0.25) is 0 Å². The van der Waals surface area contributed by atoms with Gasteiger partial charge in [0.15, 0.2) is 11.5 Å². The first kappa shape index (κ1) is 19.4. The lowest BCUT2D eigenvalue weighted by Crippen LogP contribution is -2.33. The summed E-state index contributed by atoms with van der Waals surface area (Å²) < 4.78 is 17.1. The highest BCUT2D eigenvalue weighted by atomic mass is 16.5. The first-order chi connectivity index (χ1) is 14.2. The van der Waals surface area contributed by atoms with Gasteiger partial charge in [-0.2, -0.15) is 0 Å². The standard InChI is InChI=1S/C24H27NO4/c1-27-21-10-11-22-18(17-21)5-12-23(26)24(22)29-20-8-6-19(7-9-20)28-16-15-25-13-3-2-4-14-25/h5-12,17,26H,2-4,13-16H2,1H3. The number of hydrogen-bond donors (Lipinski definition) is 1. The van der Waals surface area contributed by atoms with E-state index in [-0.39, 0.29) is 5.75 Å². The lowest BCUT2D eigenvalue weighted by atomic mass is 10.1. The number of ether oxygens (including phenoxy) is 3. The molecule has 1 aliphatic rings. The van der Waals surface area contributed by atoms with Gasteiger partial charge < -0.3 is 19.3 Å². The summed E-state index contributed by atoms with van der Waals surface area (Å²) in [6.45, 7) is 4.00. The third kappa shape index (κ3) is 4.74. The van der Waals surface area contributed by atoms with E-state index >= 15 is 0 Å². The molecule has 0 unspecified atom stereocenters. The van der Waals surface area contributed by atoms with E-state index in [9.17, 15) is 5.11 Å². The zero-order chi connectivity index (χ0) is 20.1. The number of nitrogens with zero attached hydrogens (tertiary/aromatic N) is 1. The summed E-state index contributed by atoms with van der Waals surface area (Å²) in [5, 5.41) is 12.1. The Labute approximate surface area is 171 Å². The summed E-state index contributed by atoms with van der Waals surface area (Å²) in [5.41, 5.74) is 0. The summed E-state index contributed by atoms with van der Waals surface area (Å²) in [6, 6.07) is 16.7. The van der Waals surface area contributed by atoms with E-state index in [1.54, 1.807) is 13.2 Å². The molecule has 4 rings (SSSR count). The van der Waals surface area contributed by atoms with Crippen LogP contribution >= 0.6 is 0 Å². The highest BCUT2D eigenvalue weighted by Crippen LogP contribution is 2.39. The van der Waals surface area contributed by atoms with Crippen molar-refractivity contribution in [3.8, 4) is 28.7 Å². The molecule has 5 nitrogen and oxygen atoms in total. The summed E-state index contributed by atoms with van der Waals surface area (Å²) in [7, 11) is 1.63. The van der Waals surface area contributed by atoms with Crippen LogP contribution in [0.4, 0.5) is 0 Å². The zero-order valence-corrected chi connectivity index (χ0v) is 16.8. The molecule has 0 atom stereocenters. The number of benzene rings is 3. The van der Waals surface area contributed by atoms with Crippen LogP contribution in [0.3, 0.4) is 0 Å². The number of hydrogen-bond acceptors (Lipinski definition) is 5. The van der Waals surface area contributed by atoms with Crippen molar-refractivity contribution in [1.82, 2.24) is 4.90 Å². The maximum atomic E-state index is 10.3. The number of piperidine rings is 1. The van der Waals surface area contributed by atoms with Crippen LogP contribution in [0.1, 0.15) is 19.3 Å². The Morgan fingerprint density at radius 1 is 0.862 bits per heavy atom. The number of fused-ring (bicyclic) bond motifs is 1. The minimum atomic E-state index is 0.101. The Bertz CT molecular complexity index is 949. The van der Waals surface area contributed by atoms with Crippen LogP contribution in [0.15, 0.2) is 54.6 Å². The molecular weight excluding hydrogens is 366 g/mol.